The first-order chi connectivity index (χ1) is 15.4. The van der Waals surface area contributed by atoms with Gasteiger partial charge in [0.1, 0.15) is 11.3 Å². The number of non-ortho nitro benzene ring substituents is 1. The number of pyridine rings is 1. The third-order valence-electron chi connectivity index (χ3n) is 4.87. The van der Waals surface area contributed by atoms with Crippen molar-refractivity contribution >= 4 is 49.9 Å². The van der Waals surface area contributed by atoms with Crippen molar-refractivity contribution < 1.29 is 14.5 Å². The van der Waals surface area contributed by atoms with Gasteiger partial charge in [0.2, 0.25) is 0 Å². The Balaban J connectivity index is 1.86. The number of anilines is 1. The number of aromatic nitrogens is 2. The van der Waals surface area contributed by atoms with Crippen LogP contribution >= 0.6 is 22.9 Å². The molecule has 2 aromatic carbocycles. The summed E-state index contributed by atoms with van der Waals surface area (Å²) in [7, 11) is 1.56. The number of ether oxygens (including phenoxy) is 1. The fourth-order valence-electron chi connectivity index (χ4n) is 3.21. The number of methoxy groups -OCH3 is 1. The van der Waals surface area contributed by atoms with Crippen LogP contribution in [0.1, 0.15) is 21.5 Å². The summed E-state index contributed by atoms with van der Waals surface area (Å²) in [6, 6.07) is 11.1. The Hall–Kier alpha value is -3.56. The molecule has 0 radical (unpaired) electrons. The quantitative estimate of drug-likeness (QED) is 0.277. The second kappa shape index (κ2) is 8.89. The topological polar surface area (TPSA) is 98.5 Å². The summed E-state index contributed by atoms with van der Waals surface area (Å²) in [5.74, 6) is 0.101. The molecule has 0 unspecified atom stereocenters. The highest BCUT2D eigenvalue weighted by molar-refractivity contribution is 7.22. The van der Waals surface area contributed by atoms with Crippen molar-refractivity contribution in [2.75, 3.05) is 12.0 Å². The summed E-state index contributed by atoms with van der Waals surface area (Å²) in [6.07, 6.45) is 3.26. The van der Waals surface area contributed by atoms with Gasteiger partial charge in [-0.3, -0.25) is 24.8 Å². The Bertz CT molecular complexity index is 1330. The van der Waals surface area contributed by atoms with Crippen molar-refractivity contribution in [1.29, 1.82) is 0 Å². The first-order valence-corrected chi connectivity index (χ1v) is 10.7. The summed E-state index contributed by atoms with van der Waals surface area (Å²) < 4.78 is 6.32. The summed E-state index contributed by atoms with van der Waals surface area (Å²) in [6.45, 7) is 2.14. The van der Waals surface area contributed by atoms with Crippen LogP contribution in [0.4, 0.5) is 10.8 Å². The van der Waals surface area contributed by atoms with Crippen LogP contribution in [-0.4, -0.2) is 27.9 Å². The molecule has 0 aliphatic carbocycles. The van der Waals surface area contributed by atoms with Gasteiger partial charge in [-0.15, -0.1) is 0 Å². The SMILES string of the molecule is COc1ccc(C)c2sc(N(Cc3ccncc3)C(=O)c3cc([N+](=O)[O-])ccc3Cl)nc12. The molecule has 32 heavy (non-hydrogen) atoms. The number of benzene rings is 2. The van der Waals surface area contributed by atoms with E-state index in [-0.39, 0.29) is 22.8 Å². The summed E-state index contributed by atoms with van der Waals surface area (Å²) in [5, 5.41) is 11.8. The maximum Gasteiger partial charge on any atom is 0.270 e. The monoisotopic (exact) mass is 468 g/mol. The van der Waals surface area contributed by atoms with Crippen molar-refractivity contribution in [3.05, 3.63) is 86.7 Å². The average molecular weight is 469 g/mol. The number of carbonyl (C=O) groups is 1. The van der Waals surface area contributed by atoms with Gasteiger partial charge in [0.15, 0.2) is 5.13 Å². The molecule has 10 heteroatoms. The normalized spacial score (nSPS) is 10.8. The third kappa shape index (κ3) is 4.12. The summed E-state index contributed by atoms with van der Waals surface area (Å²) in [5.41, 5.74) is 2.26. The van der Waals surface area contributed by atoms with Crippen molar-refractivity contribution in [2.45, 2.75) is 13.5 Å². The largest absolute Gasteiger partial charge is 0.494 e. The number of thiazole rings is 1. The van der Waals surface area contributed by atoms with Crippen LogP contribution in [0.25, 0.3) is 10.2 Å². The lowest BCUT2D eigenvalue weighted by Gasteiger charge is -2.20. The molecule has 0 aliphatic heterocycles. The van der Waals surface area contributed by atoms with Crippen LogP contribution in [0, 0.1) is 17.0 Å². The van der Waals surface area contributed by atoms with Crippen LogP contribution in [-0.2, 0) is 6.54 Å². The summed E-state index contributed by atoms with van der Waals surface area (Å²) in [4.78, 5) is 34.4. The molecule has 162 valence electrons. The maximum absolute atomic E-state index is 13.6. The predicted octanol–water partition coefficient (Wildman–Crippen LogP) is 5.42. The molecule has 0 spiro atoms. The number of amides is 1. The van der Waals surface area contributed by atoms with E-state index in [1.807, 2.05) is 19.1 Å². The lowest BCUT2D eigenvalue weighted by Crippen LogP contribution is -2.30. The van der Waals surface area contributed by atoms with Crippen LogP contribution in [0.3, 0.4) is 0 Å². The van der Waals surface area contributed by atoms with E-state index in [1.165, 1.54) is 34.4 Å². The minimum absolute atomic E-state index is 0.0258. The van der Waals surface area contributed by atoms with E-state index in [9.17, 15) is 14.9 Å². The lowest BCUT2D eigenvalue weighted by molar-refractivity contribution is -0.384. The van der Waals surface area contributed by atoms with E-state index in [1.54, 1.807) is 31.6 Å². The number of hydrogen-bond acceptors (Lipinski definition) is 7. The highest BCUT2D eigenvalue weighted by Gasteiger charge is 2.26. The van der Waals surface area contributed by atoms with Crippen LogP contribution in [0.2, 0.25) is 5.02 Å². The van der Waals surface area contributed by atoms with Gasteiger partial charge >= 0.3 is 0 Å². The molecule has 2 heterocycles. The van der Waals surface area contributed by atoms with Gasteiger partial charge in [-0.2, -0.15) is 0 Å². The van der Waals surface area contributed by atoms with Gasteiger partial charge in [-0.05, 0) is 42.3 Å². The molecule has 0 atom stereocenters. The fourth-order valence-corrected chi connectivity index (χ4v) is 4.46. The smallest absolute Gasteiger partial charge is 0.270 e. The van der Waals surface area contributed by atoms with Crippen molar-refractivity contribution in [1.82, 2.24) is 9.97 Å². The number of carbonyl (C=O) groups excluding carboxylic acids is 1. The van der Waals surface area contributed by atoms with Gasteiger partial charge in [0.25, 0.3) is 11.6 Å². The fraction of sp³-hybridized carbons (Fsp3) is 0.136. The molecule has 8 nitrogen and oxygen atoms in total. The number of nitrogens with zero attached hydrogens (tertiary/aromatic N) is 4. The second-order valence-corrected chi connectivity index (χ2v) is 8.31. The number of hydrogen-bond donors (Lipinski definition) is 0. The standard InChI is InChI=1S/C22H17ClN4O4S/c1-13-3-6-18(31-2)19-20(13)32-22(25-19)26(12-14-7-9-24-10-8-14)21(28)16-11-15(27(29)30)4-5-17(16)23/h3-11H,12H2,1-2H3. The third-order valence-corrected chi connectivity index (χ3v) is 6.41. The molecule has 4 rings (SSSR count). The molecule has 0 aliphatic rings. The summed E-state index contributed by atoms with van der Waals surface area (Å²) >= 11 is 7.61. The van der Waals surface area contributed by atoms with Gasteiger partial charge in [-0.25, -0.2) is 4.98 Å². The zero-order chi connectivity index (χ0) is 22.8. The van der Waals surface area contributed by atoms with Crippen molar-refractivity contribution in [2.24, 2.45) is 0 Å². The number of nitro benzene ring substituents is 1. The van der Waals surface area contributed by atoms with E-state index in [2.05, 4.69) is 9.97 Å². The Labute approximate surface area is 192 Å². The van der Waals surface area contributed by atoms with Gasteiger partial charge < -0.3 is 4.74 Å². The van der Waals surface area contributed by atoms with Crippen molar-refractivity contribution in [3.63, 3.8) is 0 Å². The molecular weight excluding hydrogens is 452 g/mol. The number of rotatable bonds is 6. The van der Waals surface area contributed by atoms with Crippen LogP contribution in [0.15, 0.2) is 54.9 Å². The van der Waals surface area contributed by atoms with Crippen LogP contribution < -0.4 is 9.64 Å². The number of aryl methyl sites for hydroxylation is 1. The molecule has 0 saturated carbocycles. The maximum atomic E-state index is 13.6. The van der Waals surface area contributed by atoms with Gasteiger partial charge in [0.05, 0.1) is 33.9 Å². The number of fused-ring (bicyclic) bond motifs is 1. The highest BCUT2D eigenvalue weighted by Crippen LogP contribution is 2.38. The first kappa shape index (κ1) is 21.7. The van der Waals surface area contributed by atoms with Crippen LogP contribution in [0.5, 0.6) is 5.75 Å². The second-order valence-electron chi connectivity index (χ2n) is 6.93. The molecule has 2 aromatic heterocycles. The lowest BCUT2D eigenvalue weighted by atomic mass is 10.1. The van der Waals surface area contributed by atoms with E-state index < -0.39 is 10.8 Å². The zero-order valence-corrected chi connectivity index (χ0v) is 18.7. The van der Waals surface area contributed by atoms with Crippen molar-refractivity contribution in [3.8, 4) is 5.75 Å². The Morgan fingerprint density at radius 3 is 2.66 bits per heavy atom. The van der Waals surface area contributed by atoms with Gasteiger partial charge in [-0.1, -0.05) is 29.0 Å². The van der Waals surface area contributed by atoms with E-state index in [0.29, 0.717) is 16.4 Å². The molecule has 1 amide bonds. The van der Waals surface area contributed by atoms with E-state index >= 15 is 0 Å². The molecule has 0 bridgehead atoms. The van der Waals surface area contributed by atoms with E-state index in [0.717, 1.165) is 15.8 Å². The zero-order valence-electron chi connectivity index (χ0n) is 17.1. The van der Waals surface area contributed by atoms with E-state index in [4.69, 9.17) is 16.3 Å². The number of nitro groups is 1. The number of halogens is 1. The predicted molar refractivity (Wildman–Crippen MR) is 124 cm³/mol. The highest BCUT2D eigenvalue weighted by atomic mass is 35.5. The minimum Gasteiger partial charge on any atom is -0.494 e. The Morgan fingerprint density at radius 1 is 1.22 bits per heavy atom. The average Bonchev–Trinajstić information content (AvgIpc) is 3.24. The molecule has 0 saturated heterocycles. The molecule has 4 aromatic rings. The Morgan fingerprint density at radius 2 is 1.97 bits per heavy atom. The minimum atomic E-state index is -0.563. The first-order valence-electron chi connectivity index (χ1n) is 9.48. The Kier molecular flexibility index (Phi) is 6.02. The molecular formula is C22H17ClN4O4S. The van der Waals surface area contributed by atoms with Gasteiger partial charge in [0, 0.05) is 24.5 Å². The molecule has 0 N–H and O–H groups in total. The molecule has 0 fully saturated rings.